The maximum Gasteiger partial charge on any atom is 0.155 e. The van der Waals surface area contributed by atoms with Crippen LogP contribution in [0.25, 0.3) is 5.65 Å². The zero-order valence-corrected chi connectivity index (χ0v) is 11.9. The van der Waals surface area contributed by atoms with E-state index in [9.17, 15) is 0 Å². The van der Waals surface area contributed by atoms with Gasteiger partial charge in [-0.2, -0.15) is 0 Å². The van der Waals surface area contributed by atoms with Gasteiger partial charge in [-0.05, 0) is 34.8 Å². The van der Waals surface area contributed by atoms with Crippen molar-refractivity contribution in [3.05, 3.63) is 28.9 Å². The van der Waals surface area contributed by atoms with Gasteiger partial charge in [-0.15, -0.1) is 0 Å². The molecule has 0 amide bonds. The van der Waals surface area contributed by atoms with Crippen LogP contribution in [0.2, 0.25) is 0 Å². The SMILES string of the molecule is Brc1cn2c(CNCCC3CCC3)cnc2cn1. The Balaban J connectivity index is 1.58. The monoisotopic (exact) mass is 308 g/mol. The zero-order chi connectivity index (χ0) is 12.4. The van der Waals surface area contributed by atoms with Gasteiger partial charge in [0.2, 0.25) is 0 Å². The van der Waals surface area contributed by atoms with Crippen LogP contribution in [0.4, 0.5) is 0 Å². The Hall–Kier alpha value is -0.940. The molecule has 2 aromatic rings. The molecule has 0 aliphatic heterocycles. The van der Waals surface area contributed by atoms with Crippen LogP contribution in [-0.4, -0.2) is 20.9 Å². The summed E-state index contributed by atoms with van der Waals surface area (Å²) in [6.45, 7) is 1.97. The maximum absolute atomic E-state index is 4.34. The van der Waals surface area contributed by atoms with E-state index in [0.717, 1.165) is 29.3 Å². The summed E-state index contributed by atoms with van der Waals surface area (Å²) in [5, 5.41) is 3.50. The summed E-state index contributed by atoms with van der Waals surface area (Å²) < 4.78 is 2.91. The lowest BCUT2D eigenvalue weighted by atomic mass is 9.83. The number of hydrogen-bond donors (Lipinski definition) is 1. The molecule has 0 atom stereocenters. The molecule has 1 saturated carbocycles. The van der Waals surface area contributed by atoms with Gasteiger partial charge in [0.1, 0.15) is 4.60 Å². The van der Waals surface area contributed by atoms with Crippen LogP contribution in [-0.2, 0) is 6.54 Å². The van der Waals surface area contributed by atoms with E-state index < -0.39 is 0 Å². The fourth-order valence-corrected chi connectivity index (χ4v) is 2.66. The van der Waals surface area contributed by atoms with Crippen molar-refractivity contribution in [3.63, 3.8) is 0 Å². The topological polar surface area (TPSA) is 42.2 Å². The number of halogens is 1. The molecule has 1 fully saturated rings. The highest BCUT2D eigenvalue weighted by molar-refractivity contribution is 9.10. The van der Waals surface area contributed by atoms with E-state index in [1.54, 1.807) is 6.20 Å². The molecule has 3 rings (SSSR count). The van der Waals surface area contributed by atoms with E-state index in [2.05, 4.69) is 35.6 Å². The highest BCUT2D eigenvalue weighted by Crippen LogP contribution is 2.28. The maximum atomic E-state index is 4.34. The molecule has 1 N–H and O–H groups in total. The first-order valence-electron chi connectivity index (χ1n) is 6.51. The van der Waals surface area contributed by atoms with E-state index in [0.29, 0.717) is 0 Å². The molecule has 1 aliphatic rings. The van der Waals surface area contributed by atoms with Crippen LogP contribution < -0.4 is 5.32 Å². The van der Waals surface area contributed by atoms with Crippen molar-refractivity contribution in [3.8, 4) is 0 Å². The van der Waals surface area contributed by atoms with Crippen molar-refractivity contribution in [2.75, 3.05) is 6.54 Å². The smallest absolute Gasteiger partial charge is 0.155 e. The normalized spacial score (nSPS) is 16.1. The minimum Gasteiger partial charge on any atom is -0.311 e. The summed E-state index contributed by atoms with van der Waals surface area (Å²) in [5.41, 5.74) is 2.08. The number of aromatic nitrogens is 3. The Morgan fingerprint density at radius 2 is 2.22 bits per heavy atom. The van der Waals surface area contributed by atoms with Crippen molar-refractivity contribution in [2.24, 2.45) is 5.92 Å². The number of nitrogens with one attached hydrogen (secondary N) is 1. The summed E-state index contributed by atoms with van der Waals surface area (Å²) in [7, 11) is 0. The lowest BCUT2D eigenvalue weighted by Crippen LogP contribution is -2.21. The van der Waals surface area contributed by atoms with Crippen LogP contribution in [0.3, 0.4) is 0 Å². The molecule has 0 saturated heterocycles. The summed E-state index contributed by atoms with van der Waals surface area (Å²) in [6, 6.07) is 0. The van der Waals surface area contributed by atoms with E-state index in [4.69, 9.17) is 0 Å². The molecule has 1 aliphatic carbocycles. The third kappa shape index (κ3) is 2.57. The number of rotatable bonds is 5. The van der Waals surface area contributed by atoms with E-state index in [1.807, 2.05) is 12.4 Å². The van der Waals surface area contributed by atoms with Gasteiger partial charge in [-0.25, -0.2) is 9.97 Å². The molecule has 2 aromatic heterocycles. The van der Waals surface area contributed by atoms with Crippen molar-refractivity contribution < 1.29 is 0 Å². The first-order chi connectivity index (χ1) is 8.83. The minimum atomic E-state index is 0.837. The van der Waals surface area contributed by atoms with E-state index >= 15 is 0 Å². The molecule has 2 heterocycles. The van der Waals surface area contributed by atoms with Crippen molar-refractivity contribution >= 4 is 21.6 Å². The predicted octanol–water partition coefficient (Wildman–Crippen LogP) is 2.77. The van der Waals surface area contributed by atoms with Crippen LogP contribution >= 0.6 is 15.9 Å². The Bertz CT molecular complexity index is 533. The van der Waals surface area contributed by atoms with Gasteiger partial charge < -0.3 is 5.32 Å². The highest BCUT2D eigenvalue weighted by Gasteiger charge is 2.16. The van der Waals surface area contributed by atoms with Crippen molar-refractivity contribution in [1.82, 2.24) is 19.7 Å². The van der Waals surface area contributed by atoms with Crippen molar-refractivity contribution in [1.29, 1.82) is 0 Å². The Morgan fingerprint density at radius 1 is 1.33 bits per heavy atom. The molecule has 4 nitrogen and oxygen atoms in total. The number of nitrogens with zero attached hydrogens (tertiary/aromatic N) is 3. The zero-order valence-electron chi connectivity index (χ0n) is 10.3. The molecular weight excluding hydrogens is 292 g/mol. The molecular formula is C13H17BrN4. The fraction of sp³-hybridized carbons (Fsp3) is 0.538. The fourth-order valence-electron chi connectivity index (χ4n) is 2.35. The molecule has 5 heteroatoms. The van der Waals surface area contributed by atoms with Crippen molar-refractivity contribution in [2.45, 2.75) is 32.2 Å². The minimum absolute atomic E-state index is 0.837. The molecule has 0 aromatic carbocycles. The Labute approximate surface area is 115 Å². The van der Waals surface area contributed by atoms with Gasteiger partial charge >= 0.3 is 0 Å². The van der Waals surface area contributed by atoms with E-state index in [-0.39, 0.29) is 0 Å². The second-order valence-corrected chi connectivity index (χ2v) is 5.76. The number of imidazole rings is 1. The average Bonchev–Trinajstić information content (AvgIpc) is 2.69. The Morgan fingerprint density at radius 3 is 3.00 bits per heavy atom. The lowest BCUT2D eigenvalue weighted by molar-refractivity contribution is 0.292. The Kier molecular flexibility index (Phi) is 3.61. The predicted molar refractivity (Wildman–Crippen MR) is 74.4 cm³/mol. The third-order valence-corrected chi connectivity index (χ3v) is 4.11. The van der Waals surface area contributed by atoms with Gasteiger partial charge in [0.05, 0.1) is 18.1 Å². The second-order valence-electron chi connectivity index (χ2n) is 4.95. The van der Waals surface area contributed by atoms with Crippen LogP contribution in [0.5, 0.6) is 0 Å². The lowest BCUT2D eigenvalue weighted by Gasteiger charge is -2.25. The summed E-state index contributed by atoms with van der Waals surface area (Å²) >= 11 is 3.39. The highest BCUT2D eigenvalue weighted by atomic mass is 79.9. The molecule has 0 unspecified atom stereocenters. The average molecular weight is 309 g/mol. The molecule has 96 valence electrons. The van der Waals surface area contributed by atoms with Gasteiger partial charge in [0, 0.05) is 12.7 Å². The summed E-state index contributed by atoms with van der Waals surface area (Å²) in [4.78, 5) is 8.51. The third-order valence-electron chi connectivity index (χ3n) is 3.70. The summed E-state index contributed by atoms with van der Waals surface area (Å²) in [5.74, 6) is 0.970. The van der Waals surface area contributed by atoms with Gasteiger partial charge in [-0.3, -0.25) is 4.40 Å². The van der Waals surface area contributed by atoms with Gasteiger partial charge in [0.25, 0.3) is 0 Å². The number of hydrogen-bond acceptors (Lipinski definition) is 3. The second kappa shape index (κ2) is 5.36. The van der Waals surface area contributed by atoms with Gasteiger partial charge in [-0.1, -0.05) is 19.3 Å². The quantitative estimate of drug-likeness (QED) is 0.864. The van der Waals surface area contributed by atoms with Gasteiger partial charge in [0.15, 0.2) is 5.65 Å². The van der Waals surface area contributed by atoms with E-state index in [1.165, 1.54) is 31.4 Å². The molecule has 0 radical (unpaired) electrons. The van der Waals surface area contributed by atoms with Crippen LogP contribution in [0.1, 0.15) is 31.4 Å². The van der Waals surface area contributed by atoms with Crippen LogP contribution in [0, 0.1) is 5.92 Å². The first-order valence-corrected chi connectivity index (χ1v) is 7.30. The number of fused-ring (bicyclic) bond motifs is 1. The largest absolute Gasteiger partial charge is 0.311 e. The first kappa shape index (κ1) is 12.1. The molecule has 18 heavy (non-hydrogen) atoms. The van der Waals surface area contributed by atoms with Crippen LogP contribution in [0.15, 0.2) is 23.2 Å². The molecule has 0 bridgehead atoms. The standard InChI is InChI=1S/C13H17BrN4/c14-12-9-18-11(7-17-13(18)8-16-12)6-15-5-4-10-2-1-3-10/h7-10,15H,1-6H2. The summed E-state index contributed by atoms with van der Waals surface area (Å²) in [6.07, 6.45) is 11.2. The molecule has 0 spiro atoms.